The van der Waals surface area contributed by atoms with Gasteiger partial charge in [-0.15, -0.1) is 0 Å². The van der Waals surface area contributed by atoms with Crippen LogP contribution in [0.15, 0.2) is 71.2 Å². The molecule has 1 aliphatic heterocycles. The molecule has 0 radical (unpaired) electrons. The van der Waals surface area contributed by atoms with Crippen LogP contribution in [0.25, 0.3) is 0 Å². The fourth-order valence-corrected chi connectivity index (χ4v) is 2.98. The van der Waals surface area contributed by atoms with Crippen molar-refractivity contribution in [2.45, 2.75) is 33.6 Å². The number of benzene rings is 1. The van der Waals surface area contributed by atoms with Gasteiger partial charge in [0, 0.05) is 47.4 Å². The lowest BCUT2D eigenvalue weighted by Crippen LogP contribution is -2.31. The van der Waals surface area contributed by atoms with Crippen LogP contribution in [-0.4, -0.2) is 18.2 Å². The van der Waals surface area contributed by atoms with E-state index in [9.17, 15) is 4.79 Å². The number of halogens is 1. The summed E-state index contributed by atoms with van der Waals surface area (Å²) in [5.41, 5.74) is 5.56. The van der Waals surface area contributed by atoms with Crippen LogP contribution < -0.4 is 10.6 Å². The van der Waals surface area contributed by atoms with Gasteiger partial charge in [-0.3, -0.25) is 9.79 Å². The summed E-state index contributed by atoms with van der Waals surface area (Å²) in [5, 5.41) is 6.80. The van der Waals surface area contributed by atoms with Crippen LogP contribution in [0.1, 0.15) is 37.8 Å². The second kappa shape index (κ2) is 9.93. The number of allylic oxidation sites excluding steroid dienone is 2. The van der Waals surface area contributed by atoms with Gasteiger partial charge in [-0.05, 0) is 55.2 Å². The Morgan fingerprint density at radius 3 is 2.85 bits per heavy atom. The van der Waals surface area contributed by atoms with Crippen molar-refractivity contribution in [2.75, 3.05) is 6.54 Å². The fourth-order valence-electron chi connectivity index (χ4n) is 2.69. The molecule has 0 saturated carbocycles. The molecule has 1 heterocycles. The highest BCUT2D eigenvalue weighted by Crippen LogP contribution is 2.16. The molecule has 5 heteroatoms. The average molecular weight is 384 g/mol. The summed E-state index contributed by atoms with van der Waals surface area (Å²) < 4.78 is 0. The predicted octanol–water partition coefficient (Wildman–Crippen LogP) is 4.81. The first-order chi connectivity index (χ1) is 12.9. The number of aliphatic imine (C=N–C) groups is 1. The fraction of sp³-hybridized carbons (Fsp3) is 0.273. The van der Waals surface area contributed by atoms with Crippen molar-refractivity contribution in [2.24, 2.45) is 4.99 Å². The van der Waals surface area contributed by atoms with E-state index < -0.39 is 0 Å². The summed E-state index contributed by atoms with van der Waals surface area (Å²) in [6.45, 7) is 10.8. The third-order valence-corrected chi connectivity index (χ3v) is 4.27. The topological polar surface area (TPSA) is 53.5 Å². The molecule has 0 aliphatic carbocycles. The van der Waals surface area contributed by atoms with Gasteiger partial charge in [0.1, 0.15) is 0 Å². The molecule has 1 aromatic rings. The average Bonchev–Trinajstić information content (AvgIpc) is 2.60. The SMILES string of the molecule is C=C(/C=C\N=C(C)c1cc(C)cc(Cl)c1)/C(=C/CC)NC1=CC(=O)NCC1. The van der Waals surface area contributed by atoms with E-state index in [1.807, 2.05) is 32.1 Å². The Balaban J connectivity index is 2.10. The van der Waals surface area contributed by atoms with Gasteiger partial charge in [0.15, 0.2) is 0 Å². The second-order valence-electron chi connectivity index (χ2n) is 6.43. The van der Waals surface area contributed by atoms with E-state index in [0.29, 0.717) is 11.6 Å². The lowest BCUT2D eigenvalue weighted by molar-refractivity contribution is -0.116. The molecule has 1 aromatic carbocycles. The van der Waals surface area contributed by atoms with E-state index in [2.05, 4.69) is 41.3 Å². The summed E-state index contributed by atoms with van der Waals surface area (Å²) in [6, 6.07) is 5.88. The minimum Gasteiger partial charge on any atom is -0.358 e. The number of hydrogen-bond donors (Lipinski definition) is 2. The summed E-state index contributed by atoms with van der Waals surface area (Å²) in [4.78, 5) is 16.0. The van der Waals surface area contributed by atoms with Crippen molar-refractivity contribution in [3.05, 3.63) is 82.3 Å². The summed E-state index contributed by atoms with van der Waals surface area (Å²) in [6.07, 6.45) is 8.87. The molecule has 0 unspecified atom stereocenters. The van der Waals surface area contributed by atoms with Crippen LogP contribution in [0.2, 0.25) is 5.02 Å². The largest absolute Gasteiger partial charge is 0.358 e. The van der Waals surface area contributed by atoms with E-state index >= 15 is 0 Å². The van der Waals surface area contributed by atoms with Gasteiger partial charge in [0.05, 0.1) is 0 Å². The summed E-state index contributed by atoms with van der Waals surface area (Å²) >= 11 is 6.12. The van der Waals surface area contributed by atoms with Gasteiger partial charge in [-0.1, -0.05) is 37.2 Å². The number of carbonyl (C=O) groups excluding carboxylic acids is 1. The van der Waals surface area contributed by atoms with Gasteiger partial charge in [0.2, 0.25) is 5.91 Å². The monoisotopic (exact) mass is 383 g/mol. The van der Waals surface area contributed by atoms with E-state index in [0.717, 1.165) is 46.6 Å². The molecule has 142 valence electrons. The van der Waals surface area contributed by atoms with Gasteiger partial charge >= 0.3 is 0 Å². The van der Waals surface area contributed by atoms with Crippen molar-refractivity contribution in [3.63, 3.8) is 0 Å². The maximum absolute atomic E-state index is 11.5. The summed E-state index contributed by atoms with van der Waals surface area (Å²) in [5.74, 6) is -0.0715. The molecule has 0 aromatic heterocycles. The first-order valence-electron chi connectivity index (χ1n) is 9.02. The molecule has 27 heavy (non-hydrogen) atoms. The molecule has 4 nitrogen and oxygen atoms in total. The molecule has 0 atom stereocenters. The molecule has 0 spiro atoms. The van der Waals surface area contributed by atoms with Crippen molar-refractivity contribution >= 4 is 23.2 Å². The zero-order valence-corrected chi connectivity index (χ0v) is 16.9. The minimum absolute atomic E-state index is 0.0715. The Kier molecular flexibility index (Phi) is 7.62. The predicted molar refractivity (Wildman–Crippen MR) is 114 cm³/mol. The molecular formula is C22H26ClN3O. The van der Waals surface area contributed by atoms with E-state index in [1.54, 1.807) is 12.3 Å². The maximum atomic E-state index is 11.5. The lowest BCUT2D eigenvalue weighted by Gasteiger charge is -2.18. The van der Waals surface area contributed by atoms with Crippen molar-refractivity contribution < 1.29 is 4.79 Å². The van der Waals surface area contributed by atoms with Crippen LogP contribution in [0.4, 0.5) is 0 Å². The smallest absolute Gasteiger partial charge is 0.245 e. The van der Waals surface area contributed by atoms with Crippen LogP contribution in [-0.2, 0) is 4.79 Å². The highest BCUT2D eigenvalue weighted by Gasteiger charge is 2.10. The molecule has 0 saturated heterocycles. The van der Waals surface area contributed by atoms with Crippen molar-refractivity contribution in [3.8, 4) is 0 Å². The second-order valence-corrected chi connectivity index (χ2v) is 6.87. The molecule has 2 rings (SSSR count). The van der Waals surface area contributed by atoms with E-state index in [-0.39, 0.29) is 5.91 Å². The molecule has 0 fully saturated rings. The third kappa shape index (κ3) is 6.57. The first-order valence-corrected chi connectivity index (χ1v) is 9.40. The van der Waals surface area contributed by atoms with Crippen LogP contribution in [0.3, 0.4) is 0 Å². The first kappa shape index (κ1) is 20.7. The Morgan fingerprint density at radius 1 is 1.41 bits per heavy atom. The Morgan fingerprint density at radius 2 is 2.19 bits per heavy atom. The quantitative estimate of drug-likeness (QED) is 0.524. The Hall–Kier alpha value is -2.59. The number of carbonyl (C=O) groups is 1. The van der Waals surface area contributed by atoms with Crippen LogP contribution in [0.5, 0.6) is 0 Å². The number of amides is 1. The number of rotatable bonds is 7. The minimum atomic E-state index is -0.0715. The normalized spacial score (nSPS) is 15.6. The highest BCUT2D eigenvalue weighted by molar-refractivity contribution is 6.31. The Bertz CT molecular complexity index is 827. The number of nitrogens with zero attached hydrogens (tertiary/aromatic N) is 1. The zero-order chi connectivity index (χ0) is 19.8. The molecular weight excluding hydrogens is 358 g/mol. The van der Waals surface area contributed by atoms with Crippen molar-refractivity contribution in [1.29, 1.82) is 0 Å². The number of hydrogen-bond acceptors (Lipinski definition) is 3. The zero-order valence-electron chi connectivity index (χ0n) is 16.1. The van der Waals surface area contributed by atoms with Crippen LogP contribution in [0, 0.1) is 6.92 Å². The Labute approximate surface area is 166 Å². The number of nitrogens with one attached hydrogen (secondary N) is 2. The maximum Gasteiger partial charge on any atom is 0.245 e. The third-order valence-electron chi connectivity index (χ3n) is 4.05. The highest BCUT2D eigenvalue weighted by atomic mass is 35.5. The van der Waals surface area contributed by atoms with Crippen LogP contribution >= 0.6 is 11.6 Å². The van der Waals surface area contributed by atoms with Gasteiger partial charge in [-0.25, -0.2) is 0 Å². The van der Waals surface area contributed by atoms with Crippen molar-refractivity contribution in [1.82, 2.24) is 10.6 Å². The summed E-state index contributed by atoms with van der Waals surface area (Å²) in [7, 11) is 0. The lowest BCUT2D eigenvalue weighted by atomic mass is 10.1. The van der Waals surface area contributed by atoms with E-state index in [4.69, 9.17) is 11.6 Å². The molecule has 1 amide bonds. The van der Waals surface area contributed by atoms with Gasteiger partial charge in [-0.2, -0.15) is 0 Å². The molecule has 1 aliphatic rings. The van der Waals surface area contributed by atoms with E-state index in [1.165, 1.54) is 0 Å². The molecule has 2 N–H and O–H groups in total. The van der Waals surface area contributed by atoms with Gasteiger partial charge in [0.25, 0.3) is 0 Å². The van der Waals surface area contributed by atoms with Gasteiger partial charge < -0.3 is 10.6 Å². The standard InChI is InChI=1S/C22H26ClN3O/c1-5-6-21(26-20-8-10-25-22(27)14-20)16(3)7-9-24-17(4)18-11-15(2)12-19(23)13-18/h6-7,9,11-14,26H,3,5,8,10H2,1-2,4H3,(H,25,27)/b9-7-,21-6-,24-17?. The number of aryl methyl sites for hydroxylation is 1. The molecule has 0 bridgehead atoms.